The summed E-state index contributed by atoms with van der Waals surface area (Å²) < 4.78 is 5.97. The fourth-order valence-electron chi connectivity index (χ4n) is 1.46. The van der Waals surface area contributed by atoms with Crippen LogP contribution in [0.4, 0.5) is 0 Å². The maximum Gasteiger partial charge on any atom is 0.377 e. The van der Waals surface area contributed by atoms with E-state index in [0.717, 1.165) is 15.8 Å². The predicted molar refractivity (Wildman–Crippen MR) is 75.0 cm³/mol. The molecule has 1 N–H and O–H groups in total. The summed E-state index contributed by atoms with van der Waals surface area (Å²) in [4.78, 5) is 24.1. The highest BCUT2D eigenvalue weighted by molar-refractivity contribution is 9.10. The summed E-state index contributed by atoms with van der Waals surface area (Å²) in [6.07, 6.45) is 4.25. The third-order valence-corrected chi connectivity index (χ3v) is 3.05. The molecule has 0 aliphatic heterocycles. The molecule has 0 atom stereocenters. The number of nitrogens with one attached hydrogen (secondary N) is 1. The van der Waals surface area contributed by atoms with Crippen molar-refractivity contribution in [1.82, 2.24) is 15.4 Å². The van der Waals surface area contributed by atoms with E-state index in [4.69, 9.17) is 9.57 Å². The average Bonchev–Trinajstić information content (AvgIpc) is 2.48. The van der Waals surface area contributed by atoms with Gasteiger partial charge in [-0.05, 0) is 33.6 Å². The highest BCUT2D eigenvalue weighted by atomic mass is 79.9. The van der Waals surface area contributed by atoms with Gasteiger partial charge in [-0.3, -0.25) is 4.98 Å². The lowest BCUT2D eigenvalue weighted by Crippen LogP contribution is -2.20. The molecule has 2 aromatic rings. The molecule has 7 heteroatoms. The first kappa shape index (κ1) is 14.4. The van der Waals surface area contributed by atoms with Crippen LogP contribution in [0.2, 0.25) is 0 Å². The van der Waals surface area contributed by atoms with Crippen LogP contribution in [0.3, 0.4) is 0 Å². The minimum Gasteiger partial charge on any atom is -0.496 e. The normalized spacial score (nSPS) is 10.1. The van der Waals surface area contributed by atoms with Gasteiger partial charge in [0, 0.05) is 12.4 Å². The Bertz CT molecular complexity index is 593. The second-order valence-electron chi connectivity index (χ2n) is 3.77. The molecule has 20 heavy (non-hydrogen) atoms. The molecule has 0 saturated carbocycles. The Morgan fingerprint density at radius 3 is 2.90 bits per heavy atom. The lowest BCUT2D eigenvalue weighted by Gasteiger charge is -2.07. The van der Waals surface area contributed by atoms with Gasteiger partial charge in [0.05, 0.1) is 24.3 Å². The van der Waals surface area contributed by atoms with Crippen LogP contribution in [0, 0.1) is 0 Å². The summed E-state index contributed by atoms with van der Waals surface area (Å²) in [5.74, 6) is 0.163. The summed E-state index contributed by atoms with van der Waals surface area (Å²) >= 11 is 3.39. The van der Waals surface area contributed by atoms with E-state index in [0.29, 0.717) is 6.54 Å². The minimum absolute atomic E-state index is 0.149. The number of hydroxylamine groups is 1. The van der Waals surface area contributed by atoms with Crippen molar-refractivity contribution < 1.29 is 14.4 Å². The van der Waals surface area contributed by atoms with Crippen LogP contribution in [0.15, 0.2) is 41.3 Å². The molecule has 0 radical (unpaired) electrons. The van der Waals surface area contributed by atoms with Crippen LogP contribution in [-0.2, 0) is 11.4 Å². The summed E-state index contributed by atoms with van der Waals surface area (Å²) in [5.41, 5.74) is 3.67. The Kier molecular flexibility index (Phi) is 5.03. The minimum atomic E-state index is -0.578. The van der Waals surface area contributed by atoms with E-state index in [9.17, 15) is 4.79 Å². The van der Waals surface area contributed by atoms with Crippen molar-refractivity contribution in [3.8, 4) is 5.75 Å². The molecule has 0 amide bonds. The third-order valence-electron chi connectivity index (χ3n) is 2.43. The Hall–Kier alpha value is -1.99. The molecular formula is C13H12BrN3O3. The molecule has 0 saturated heterocycles. The van der Waals surface area contributed by atoms with E-state index in [1.807, 2.05) is 18.2 Å². The Morgan fingerprint density at radius 2 is 2.25 bits per heavy atom. The molecule has 104 valence electrons. The Balaban J connectivity index is 1.87. The molecule has 0 fully saturated rings. The van der Waals surface area contributed by atoms with Gasteiger partial charge in [0.1, 0.15) is 5.75 Å². The van der Waals surface area contributed by atoms with Gasteiger partial charge in [-0.25, -0.2) is 9.78 Å². The zero-order valence-electron chi connectivity index (χ0n) is 10.7. The van der Waals surface area contributed by atoms with Crippen LogP contribution in [0.25, 0.3) is 0 Å². The van der Waals surface area contributed by atoms with Crippen LogP contribution >= 0.6 is 15.9 Å². The average molecular weight is 338 g/mol. The number of ether oxygens (including phenoxy) is 1. The van der Waals surface area contributed by atoms with Gasteiger partial charge in [0.15, 0.2) is 5.69 Å². The van der Waals surface area contributed by atoms with Crippen LogP contribution < -0.4 is 10.2 Å². The fourth-order valence-corrected chi connectivity index (χ4v) is 2.05. The maximum absolute atomic E-state index is 11.6. The smallest absolute Gasteiger partial charge is 0.377 e. The summed E-state index contributed by atoms with van der Waals surface area (Å²) in [6.45, 7) is 0.370. The summed E-state index contributed by atoms with van der Waals surface area (Å²) in [6, 6.07) is 5.57. The first-order valence-corrected chi connectivity index (χ1v) is 6.52. The monoisotopic (exact) mass is 337 g/mol. The number of hydrogen-bond acceptors (Lipinski definition) is 6. The molecular weight excluding hydrogens is 326 g/mol. The highest BCUT2D eigenvalue weighted by Crippen LogP contribution is 2.25. The van der Waals surface area contributed by atoms with Crippen LogP contribution in [-0.4, -0.2) is 23.0 Å². The number of rotatable bonds is 5. The molecule has 1 heterocycles. The largest absolute Gasteiger partial charge is 0.496 e. The van der Waals surface area contributed by atoms with E-state index in [2.05, 4.69) is 31.4 Å². The number of carbonyl (C=O) groups excluding carboxylic acids is 1. The molecule has 2 rings (SSSR count). The quantitative estimate of drug-likeness (QED) is 0.842. The number of methoxy groups -OCH3 is 1. The number of benzene rings is 1. The predicted octanol–water partition coefficient (Wildman–Crippen LogP) is 2.11. The molecule has 0 spiro atoms. The second kappa shape index (κ2) is 6.97. The van der Waals surface area contributed by atoms with Gasteiger partial charge in [0.2, 0.25) is 0 Å². The number of nitrogens with zero attached hydrogens (tertiary/aromatic N) is 2. The number of aromatic nitrogens is 2. The first-order valence-electron chi connectivity index (χ1n) is 5.73. The van der Waals surface area contributed by atoms with Crippen molar-refractivity contribution in [2.75, 3.05) is 7.11 Å². The Labute approximate surface area is 124 Å². The van der Waals surface area contributed by atoms with Gasteiger partial charge in [-0.15, -0.1) is 5.48 Å². The van der Waals surface area contributed by atoms with Gasteiger partial charge in [0.25, 0.3) is 0 Å². The fraction of sp³-hybridized carbons (Fsp3) is 0.154. The lowest BCUT2D eigenvalue weighted by atomic mass is 10.2. The SMILES string of the molecule is COc1ccc(CNOC(=O)c2cnccn2)cc1Br. The summed E-state index contributed by atoms with van der Waals surface area (Å²) in [7, 11) is 1.60. The number of hydrogen-bond donors (Lipinski definition) is 1. The topological polar surface area (TPSA) is 73.3 Å². The van der Waals surface area contributed by atoms with E-state index >= 15 is 0 Å². The van der Waals surface area contributed by atoms with Gasteiger partial charge in [-0.2, -0.15) is 0 Å². The van der Waals surface area contributed by atoms with Crippen molar-refractivity contribution in [2.24, 2.45) is 0 Å². The molecule has 1 aromatic carbocycles. The van der Waals surface area contributed by atoms with Crippen molar-refractivity contribution in [1.29, 1.82) is 0 Å². The second-order valence-corrected chi connectivity index (χ2v) is 4.62. The van der Waals surface area contributed by atoms with Gasteiger partial charge >= 0.3 is 5.97 Å². The van der Waals surface area contributed by atoms with Crippen molar-refractivity contribution in [2.45, 2.75) is 6.54 Å². The standard InChI is InChI=1S/C13H12BrN3O3/c1-19-12-3-2-9(6-10(12)14)7-17-20-13(18)11-8-15-4-5-16-11/h2-6,8,17H,7H2,1H3. The van der Waals surface area contributed by atoms with Crippen molar-refractivity contribution >= 4 is 21.9 Å². The van der Waals surface area contributed by atoms with Crippen LogP contribution in [0.1, 0.15) is 16.1 Å². The Morgan fingerprint density at radius 1 is 1.40 bits per heavy atom. The number of halogens is 1. The van der Waals surface area contributed by atoms with E-state index in [-0.39, 0.29) is 5.69 Å². The molecule has 0 bridgehead atoms. The van der Waals surface area contributed by atoms with E-state index in [1.165, 1.54) is 18.6 Å². The zero-order valence-corrected chi connectivity index (χ0v) is 12.3. The molecule has 0 aliphatic carbocycles. The maximum atomic E-state index is 11.6. The van der Waals surface area contributed by atoms with Crippen molar-refractivity contribution in [3.05, 3.63) is 52.5 Å². The van der Waals surface area contributed by atoms with Gasteiger partial charge in [-0.1, -0.05) is 6.07 Å². The highest BCUT2D eigenvalue weighted by Gasteiger charge is 2.08. The molecule has 1 aromatic heterocycles. The third kappa shape index (κ3) is 3.75. The zero-order chi connectivity index (χ0) is 14.4. The summed E-state index contributed by atoms with van der Waals surface area (Å²) in [5, 5.41) is 0. The van der Waals surface area contributed by atoms with Gasteiger partial charge < -0.3 is 9.57 Å². The van der Waals surface area contributed by atoms with Crippen LogP contribution in [0.5, 0.6) is 5.75 Å². The molecule has 0 aliphatic rings. The molecule has 0 unspecified atom stereocenters. The lowest BCUT2D eigenvalue weighted by molar-refractivity contribution is 0.0230. The number of carbonyl (C=O) groups is 1. The van der Waals surface area contributed by atoms with E-state index in [1.54, 1.807) is 7.11 Å². The van der Waals surface area contributed by atoms with Crippen molar-refractivity contribution in [3.63, 3.8) is 0 Å². The van der Waals surface area contributed by atoms with E-state index < -0.39 is 5.97 Å². The molecule has 6 nitrogen and oxygen atoms in total. The first-order chi connectivity index (χ1) is 9.70.